The quantitative estimate of drug-likeness (QED) is 0.661. The van der Waals surface area contributed by atoms with Crippen LogP contribution >= 0.6 is 0 Å². The third kappa shape index (κ3) is 3.95. The highest BCUT2D eigenvalue weighted by atomic mass is 19.1. The molecule has 2 rings (SSSR count). The van der Waals surface area contributed by atoms with Crippen LogP contribution in [0.1, 0.15) is 12.0 Å². The van der Waals surface area contributed by atoms with Crippen molar-refractivity contribution in [2.75, 3.05) is 12.3 Å². The van der Waals surface area contributed by atoms with E-state index in [1.54, 1.807) is 0 Å². The van der Waals surface area contributed by atoms with Gasteiger partial charge in [0.2, 0.25) is 0 Å². The Kier molecular flexibility index (Phi) is 4.34. The van der Waals surface area contributed by atoms with E-state index < -0.39 is 11.6 Å². The van der Waals surface area contributed by atoms with Crippen molar-refractivity contribution in [1.82, 2.24) is 0 Å². The molecule has 0 saturated carbocycles. The minimum atomic E-state index is -0.674. The van der Waals surface area contributed by atoms with Crippen LogP contribution in [0.2, 0.25) is 0 Å². The standard InChI is InChI=1S/C15H15F2NO/c16-12-5-8-15(14(17)10-12)19-9-1-2-11-3-6-13(18)7-4-11/h3-8,10H,1-2,9,18H2. The number of rotatable bonds is 5. The second-order valence-corrected chi connectivity index (χ2v) is 4.27. The summed E-state index contributed by atoms with van der Waals surface area (Å²) in [6.07, 6.45) is 1.57. The van der Waals surface area contributed by atoms with E-state index >= 15 is 0 Å². The Morgan fingerprint density at radius 1 is 1.00 bits per heavy atom. The Morgan fingerprint density at radius 3 is 2.42 bits per heavy atom. The van der Waals surface area contributed by atoms with Crippen molar-refractivity contribution >= 4 is 5.69 Å². The Balaban J connectivity index is 1.79. The summed E-state index contributed by atoms with van der Waals surface area (Å²) in [5.41, 5.74) is 7.47. The van der Waals surface area contributed by atoms with Crippen molar-refractivity contribution < 1.29 is 13.5 Å². The first kappa shape index (κ1) is 13.3. The fourth-order valence-corrected chi connectivity index (χ4v) is 1.73. The summed E-state index contributed by atoms with van der Waals surface area (Å²) in [7, 11) is 0. The molecular weight excluding hydrogens is 248 g/mol. The van der Waals surface area contributed by atoms with Crippen LogP contribution in [0.5, 0.6) is 5.75 Å². The molecule has 2 N–H and O–H groups in total. The maximum atomic E-state index is 13.3. The van der Waals surface area contributed by atoms with Crippen molar-refractivity contribution in [3.8, 4) is 5.75 Å². The Morgan fingerprint density at radius 2 is 1.74 bits per heavy atom. The average Bonchev–Trinajstić information content (AvgIpc) is 2.39. The van der Waals surface area contributed by atoms with Crippen LogP contribution in [0.3, 0.4) is 0 Å². The van der Waals surface area contributed by atoms with Gasteiger partial charge in [-0.15, -0.1) is 0 Å². The van der Waals surface area contributed by atoms with E-state index in [2.05, 4.69) is 0 Å². The number of ether oxygens (including phenoxy) is 1. The summed E-state index contributed by atoms with van der Waals surface area (Å²) < 4.78 is 31.2. The number of nitrogen functional groups attached to an aromatic ring is 1. The zero-order valence-electron chi connectivity index (χ0n) is 10.4. The monoisotopic (exact) mass is 263 g/mol. The van der Waals surface area contributed by atoms with Crippen LogP contribution in [0, 0.1) is 11.6 Å². The highest BCUT2D eigenvalue weighted by molar-refractivity contribution is 5.39. The fourth-order valence-electron chi connectivity index (χ4n) is 1.73. The molecule has 0 amide bonds. The maximum absolute atomic E-state index is 13.3. The molecule has 0 radical (unpaired) electrons. The number of hydrogen-bond donors (Lipinski definition) is 1. The van der Waals surface area contributed by atoms with Crippen LogP contribution in [0.25, 0.3) is 0 Å². The van der Waals surface area contributed by atoms with E-state index in [-0.39, 0.29) is 5.75 Å². The zero-order valence-corrected chi connectivity index (χ0v) is 10.4. The molecule has 0 fully saturated rings. The van der Waals surface area contributed by atoms with Gasteiger partial charge in [0.05, 0.1) is 6.61 Å². The van der Waals surface area contributed by atoms with Crippen molar-refractivity contribution in [1.29, 1.82) is 0 Å². The van der Waals surface area contributed by atoms with Crippen LogP contribution in [0.4, 0.5) is 14.5 Å². The second-order valence-electron chi connectivity index (χ2n) is 4.27. The number of halogens is 2. The smallest absolute Gasteiger partial charge is 0.167 e. The van der Waals surface area contributed by atoms with Gasteiger partial charge >= 0.3 is 0 Å². The zero-order chi connectivity index (χ0) is 13.7. The molecule has 100 valence electrons. The van der Waals surface area contributed by atoms with Gasteiger partial charge in [0.25, 0.3) is 0 Å². The van der Waals surface area contributed by atoms with E-state index in [1.807, 2.05) is 24.3 Å². The predicted octanol–water partition coefficient (Wildman–Crippen LogP) is 3.56. The summed E-state index contributed by atoms with van der Waals surface area (Å²) in [6, 6.07) is 10.9. The lowest BCUT2D eigenvalue weighted by atomic mass is 10.1. The van der Waals surface area contributed by atoms with Crippen molar-refractivity contribution in [2.45, 2.75) is 12.8 Å². The van der Waals surface area contributed by atoms with E-state index in [0.717, 1.165) is 30.2 Å². The molecule has 0 aliphatic heterocycles. The number of aryl methyl sites for hydroxylation is 1. The van der Waals surface area contributed by atoms with Crippen molar-refractivity contribution in [2.24, 2.45) is 0 Å². The average molecular weight is 263 g/mol. The Labute approximate surface area is 110 Å². The molecule has 19 heavy (non-hydrogen) atoms. The summed E-state index contributed by atoms with van der Waals surface area (Å²) in [6.45, 7) is 0.382. The summed E-state index contributed by atoms with van der Waals surface area (Å²) >= 11 is 0. The molecule has 0 unspecified atom stereocenters. The molecule has 0 spiro atoms. The van der Waals surface area contributed by atoms with Gasteiger partial charge in [-0.2, -0.15) is 0 Å². The van der Waals surface area contributed by atoms with E-state index in [1.165, 1.54) is 12.1 Å². The molecule has 0 bridgehead atoms. The van der Waals surface area contributed by atoms with Gasteiger partial charge in [-0.05, 0) is 42.7 Å². The third-order valence-corrected chi connectivity index (χ3v) is 2.74. The Bertz CT molecular complexity index is 540. The number of anilines is 1. The lowest BCUT2D eigenvalue weighted by Crippen LogP contribution is -2.01. The van der Waals surface area contributed by atoms with Gasteiger partial charge in [0.15, 0.2) is 11.6 Å². The lowest BCUT2D eigenvalue weighted by molar-refractivity contribution is 0.294. The van der Waals surface area contributed by atoms with Crippen LogP contribution in [-0.2, 0) is 6.42 Å². The minimum Gasteiger partial charge on any atom is -0.491 e. The molecule has 2 aromatic carbocycles. The first-order valence-corrected chi connectivity index (χ1v) is 6.07. The molecule has 2 aromatic rings. The summed E-state index contributed by atoms with van der Waals surface area (Å²) in [4.78, 5) is 0. The molecule has 0 saturated heterocycles. The normalized spacial score (nSPS) is 10.4. The van der Waals surface area contributed by atoms with E-state index in [0.29, 0.717) is 6.61 Å². The fraction of sp³-hybridized carbons (Fsp3) is 0.200. The summed E-state index contributed by atoms with van der Waals surface area (Å²) in [5.74, 6) is -1.20. The number of benzene rings is 2. The second kappa shape index (κ2) is 6.18. The summed E-state index contributed by atoms with van der Waals surface area (Å²) in [5, 5.41) is 0. The largest absolute Gasteiger partial charge is 0.491 e. The number of hydrogen-bond acceptors (Lipinski definition) is 2. The van der Waals surface area contributed by atoms with Crippen LogP contribution in [-0.4, -0.2) is 6.61 Å². The van der Waals surface area contributed by atoms with Gasteiger partial charge in [0, 0.05) is 11.8 Å². The predicted molar refractivity (Wildman–Crippen MR) is 71.0 cm³/mol. The molecule has 0 heterocycles. The van der Waals surface area contributed by atoms with Gasteiger partial charge < -0.3 is 10.5 Å². The van der Waals surface area contributed by atoms with E-state index in [4.69, 9.17) is 10.5 Å². The minimum absolute atomic E-state index is 0.0821. The lowest BCUT2D eigenvalue weighted by Gasteiger charge is -2.07. The molecule has 0 atom stereocenters. The third-order valence-electron chi connectivity index (χ3n) is 2.74. The first-order valence-electron chi connectivity index (χ1n) is 6.07. The molecule has 2 nitrogen and oxygen atoms in total. The molecule has 4 heteroatoms. The highest BCUT2D eigenvalue weighted by Crippen LogP contribution is 2.18. The molecule has 0 aliphatic carbocycles. The van der Waals surface area contributed by atoms with Gasteiger partial charge in [-0.3, -0.25) is 0 Å². The van der Waals surface area contributed by atoms with Crippen molar-refractivity contribution in [3.05, 3.63) is 59.7 Å². The van der Waals surface area contributed by atoms with Crippen molar-refractivity contribution in [3.63, 3.8) is 0 Å². The van der Waals surface area contributed by atoms with Crippen LogP contribution < -0.4 is 10.5 Å². The van der Waals surface area contributed by atoms with Gasteiger partial charge in [-0.1, -0.05) is 12.1 Å². The topological polar surface area (TPSA) is 35.2 Å². The highest BCUT2D eigenvalue weighted by Gasteiger charge is 2.04. The Hall–Kier alpha value is -2.10. The molecule has 0 aliphatic rings. The maximum Gasteiger partial charge on any atom is 0.167 e. The van der Waals surface area contributed by atoms with Gasteiger partial charge in [0.1, 0.15) is 5.82 Å². The van der Waals surface area contributed by atoms with E-state index in [9.17, 15) is 8.78 Å². The first-order chi connectivity index (χ1) is 9.15. The molecular formula is C15H15F2NO. The van der Waals surface area contributed by atoms with Crippen LogP contribution in [0.15, 0.2) is 42.5 Å². The SMILES string of the molecule is Nc1ccc(CCCOc2ccc(F)cc2F)cc1. The molecule has 0 aromatic heterocycles. The van der Waals surface area contributed by atoms with Gasteiger partial charge in [-0.25, -0.2) is 8.78 Å². The number of nitrogens with two attached hydrogens (primary N) is 1.